The van der Waals surface area contributed by atoms with Crippen molar-refractivity contribution in [1.29, 1.82) is 0 Å². The van der Waals surface area contributed by atoms with Crippen LogP contribution in [0.3, 0.4) is 0 Å². The quantitative estimate of drug-likeness (QED) is 0.486. The highest BCUT2D eigenvalue weighted by atomic mass is 79.9. The van der Waals surface area contributed by atoms with Crippen LogP contribution in [0.15, 0.2) is 41.5 Å². The number of benzene rings is 1. The van der Waals surface area contributed by atoms with Crippen LogP contribution in [0, 0.1) is 0 Å². The van der Waals surface area contributed by atoms with Gasteiger partial charge in [-0.2, -0.15) is 0 Å². The van der Waals surface area contributed by atoms with E-state index in [1.54, 1.807) is 44.7 Å². The average molecular weight is 424 g/mol. The Labute approximate surface area is 162 Å². The first-order valence-electron chi connectivity index (χ1n) is 7.53. The second-order valence-corrected chi connectivity index (χ2v) is 5.13. The minimum Gasteiger partial charge on any atom is -0.497 e. The van der Waals surface area contributed by atoms with Crippen LogP contribution in [0.5, 0.6) is 11.5 Å². The number of nitrogens with one attached hydrogen (secondary N) is 2. The summed E-state index contributed by atoms with van der Waals surface area (Å²) in [5.74, 6) is 1.86. The van der Waals surface area contributed by atoms with E-state index < -0.39 is 0 Å². The molecule has 1 amide bonds. The molecule has 140 valence electrons. The van der Waals surface area contributed by atoms with Crippen LogP contribution in [0.2, 0.25) is 0 Å². The Hall–Kier alpha value is -2.81. The van der Waals surface area contributed by atoms with E-state index in [2.05, 4.69) is 20.6 Å². The SMILES string of the molecule is Br.COc1ccc(OC)c(NC(N)=NCc2ccc(NC(C)=O)nc2)c1. The first-order chi connectivity index (χ1) is 12.0. The number of rotatable bonds is 6. The summed E-state index contributed by atoms with van der Waals surface area (Å²) in [5, 5.41) is 5.59. The molecule has 0 aliphatic heterocycles. The molecule has 0 saturated carbocycles. The summed E-state index contributed by atoms with van der Waals surface area (Å²) >= 11 is 0. The predicted molar refractivity (Wildman–Crippen MR) is 107 cm³/mol. The number of anilines is 2. The standard InChI is InChI=1S/C17H21N5O3.BrH/c1-11(23)21-16-7-4-12(9-19-16)10-20-17(18)22-14-8-13(24-2)5-6-15(14)25-3;/h4-9H,10H2,1-3H3,(H3,18,20,22)(H,19,21,23);1H. The largest absolute Gasteiger partial charge is 0.497 e. The highest BCUT2D eigenvalue weighted by Gasteiger charge is 2.06. The van der Waals surface area contributed by atoms with Gasteiger partial charge >= 0.3 is 0 Å². The van der Waals surface area contributed by atoms with Crippen LogP contribution < -0.4 is 25.8 Å². The van der Waals surface area contributed by atoms with Crippen LogP contribution in [0.1, 0.15) is 12.5 Å². The number of nitrogens with two attached hydrogens (primary N) is 1. The normalized spacial score (nSPS) is 10.5. The Bertz CT molecular complexity index is 765. The molecular weight excluding hydrogens is 402 g/mol. The number of carbonyl (C=O) groups excluding carboxylic acids is 1. The Morgan fingerprint density at radius 1 is 1.19 bits per heavy atom. The Morgan fingerprint density at radius 2 is 1.96 bits per heavy atom. The topological polar surface area (TPSA) is 111 Å². The van der Waals surface area contributed by atoms with Crippen LogP contribution in [0.25, 0.3) is 0 Å². The molecule has 1 aromatic heterocycles. The molecule has 0 aliphatic rings. The lowest BCUT2D eigenvalue weighted by molar-refractivity contribution is -0.114. The molecule has 0 atom stereocenters. The second-order valence-electron chi connectivity index (χ2n) is 5.13. The number of ether oxygens (including phenoxy) is 2. The molecule has 0 fully saturated rings. The van der Waals surface area contributed by atoms with Gasteiger partial charge in [-0.05, 0) is 23.8 Å². The molecular formula is C17H22BrN5O3. The number of pyridine rings is 1. The molecule has 9 heteroatoms. The van der Waals surface area contributed by atoms with E-state index in [-0.39, 0.29) is 28.8 Å². The van der Waals surface area contributed by atoms with Crippen LogP contribution in [-0.2, 0) is 11.3 Å². The minimum atomic E-state index is -0.168. The lowest BCUT2D eigenvalue weighted by Crippen LogP contribution is -2.23. The number of hydrogen-bond acceptors (Lipinski definition) is 5. The van der Waals surface area contributed by atoms with Crippen LogP contribution in [-0.4, -0.2) is 31.1 Å². The summed E-state index contributed by atoms with van der Waals surface area (Å²) in [5.41, 5.74) is 7.44. The first-order valence-corrected chi connectivity index (χ1v) is 7.53. The third-order valence-corrected chi connectivity index (χ3v) is 3.23. The van der Waals surface area contributed by atoms with Crippen molar-refractivity contribution in [1.82, 2.24) is 4.98 Å². The average Bonchev–Trinajstić information content (AvgIpc) is 2.60. The lowest BCUT2D eigenvalue weighted by atomic mass is 10.2. The molecule has 0 aliphatic carbocycles. The number of guanidine groups is 1. The molecule has 1 heterocycles. The van der Waals surface area contributed by atoms with Gasteiger partial charge in [0, 0.05) is 19.2 Å². The van der Waals surface area contributed by atoms with Gasteiger partial charge < -0.3 is 25.8 Å². The Kier molecular flexibility index (Phi) is 8.36. The number of carbonyl (C=O) groups is 1. The third-order valence-electron chi connectivity index (χ3n) is 3.23. The molecule has 2 aromatic rings. The fraction of sp³-hybridized carbons (Fsp3) is 0.235. The monoisotopic (exact) mass is 423 g/mol. The summed E-state index contributed by atoms with van der Waals surface area (Å²) in [6.45, 7) is 1.78. The zero-order valence-electron chi connectivity index (χ0n) is 14.8. The van der Waals surface area contributed by atoms with Crippen molar-refractivity contribution < 1.29 is 14.3 Å². The fourth-order valence-corrected chi connectivity index (χ4v) is 2.04. The number of nitrogens with zero attached hydrogens (tertiary/aromatic N) is 2. The van der Waals surface area contributed by atoms with Crippen molar-refractivity contribution in [3.05, 3.63) is 42.1 Å². The van der Waals surface area contributed by atoms with E-state index in [0.717, 1.165) is 5.56 Å². The van der Waals surface area contributed by atoms with Gasteiger partial charge in [-0.25, -0.2) is 9.98 Å². The van der Waals surface area contributed by atoms with E-state index in [1.165, 1.54) is 6.92 Å². The van der Waals surface area contributed by atoms with Gasteiger partial charge in [-0.3, -0.25) is 4.79 Å². The van der Waals surface area contributed by atoms with Crippen molar-refractivity contribution in [3.8, 4) is 11.5 Å². The highest BCUT2D eigenvalue weighted by molar-refractivity contribution is 8.93. The van der Waals surface area contributed by atoms with Gasteiger partial charge in [0.15, 0.2) is 5.96 Å². The maximum absolute atomic E-state index is 11.0. The Morgan fingerprint density at radius 3 is 2.54 bits per heavy atom. The van der Waals surface area contributed by atoms with E-state index >= 15 is 0 Å². The molecule has 8 nitrogen and oxygen atoms in total. The lowest BCUT2D eigenvalue weighted by Gasteiger charge is -2.12. The summed E-state index contributed by atoms with van der Waals surface area (Å²) in [6.07, 6.45) is 1.63. The summed E-state index contributed by atoms with van der Waals surface area (Å²) in [7, 11) is 3.16. The van der Waals surface area contributed by atoms with Crippen molar-refractivity contribution in [2.24, 2.45) is 10.7 Å². The van der Waals surface area contributed by atoms with Crippen molar-refractivity contribution in [2.45, 2.75) is 13.5 Å². The van der Waals surface area contributed by atoms with E-state index in [9.17, 15) is 4.79 Å². The maximum atomic E-state index is 11.0. The smallest absolute Gasteiger partial charge is 0.222 e. The highest BCUT2D eigenvalue weighted by Crippen LogP contribution is 2.28. The fourth-order valence-electron chi connectivity index (χ4n) is 2.04. The van der Waals surface area contributed by atoms with Crippen LogP contribution in [0.4, 0.5) is 11.5 Å². The number of aliphatic imine (C=N–C) groups is 1. The van der Waals surface area contributed by atoms with Gasteiger partial charge in [-0.15, -0.1) is 17.0 Å². The minimum absolute atomic E-state index is 0. The van der Waals surface area contributed by atoms with Gasteiger partial charge in [0.25, 0.3) is 0 Å². The van der Waals surface area contributed by atoms with Crippen LogP contribution >= 0.6 is 17.0 Å². The molecule has 0 bridgehead atoms. The van der Waals surface area contributed by atoms with Gasteiger partial charge in [0.05, 0.1) is 26.5 Å². The van der Waals surface area contributed by atoms with Gasteiger partial charge in [-0.1, -0.05) is 6.07 Å². The zero-order chi connectivity index (χ0) is 18.2. The van der Waals surface area contributed by atoms with Gasteiger partial charge in [0.2, 0.25) is 5.91 Å². The number of aromatic nitrogens is 1. The molecule has 4 N–H and O–H groups in total. The number of hydrogen-bond donors (Lipinski definition) is 3. The molecule has 0 radical (unpaired) electrons. The number of amides is 1. The summed E-state index contributed by atoms with van der Waals surface area (Å²) in [4.78, 5) is 19.4. The number of halogens is 1. The van der Waals surface area contributed by atoms with E-state index in [0.29, 0.717) is 29.5 Å². The predicted octanol–water partition coefficient (Wildman–Crippen LogP) is 2.56. The summed E-state index contributed by atoms with van der Waals surface area (Å²) < 4.78 is 10.5. The first kappa shape index (κ1) is 21.2. The van der Waals surface area contributed by atoms with Gasteiger partial charge in [0.1, 0.15) is 17.3 Å². The second kappa shape index (κ2) is 10.2. The van der Waals surface area contributed by atoms with Crippen molar-refractivity contribution >= 4 is 40.4 Å². The maximum Gasteiger partial charge on any atom is 0.222 e. The van der Waals surface area contributed by atoms with Crippen molar-refractivity contribution in [3.63, 3.8) is 0 Å². The molecule has 0 unspecified atom stereocenters. The molecule has 26 heavy (non-hydrogen) atoms. The van der Waals surface area contributed by atoms with E-state index in [1.807, 2.05) is 6.07 Å². The molecule has 0 spiro atoms. The molecule has 0 saturated heterocycles. The molecule has 1 aromatic carbocycles. The number of methoxy groups -OCH3 is 2. The van der Waals surface area contributed by atoms with E-state index in [4.69, 9.17) is 15.2 Å². The summed E-state index contributed by atoms with van der Waals surface area (Å²) in [6, 6.07) is 8.87. The zero-order valence-corrected chi connectivity index (χ0v) is 16.5. The van der Waals surface area contributed by atoms with Crippen molar-refractivity contribution in [2.75, 3.05) is 24.9 Å². The Balaban J connectivity index is 0.00000338. The third kappa shape index (κ3) is 6.25. The molecule has 2 rings (SSSR count).